The maximum Gasteiger partial charge on any atom is 0.530 e. The van der Waals surface area contributed by atoms with Gasteiger partial charge in [-0.2, -0.15) is 8.78 Å². The largest absolute Gasteiger partial charge is 0.530 e. The van der Waals surface area contributed by atoms with Crippen molar-refractivity contribution in [2.45, 2.75) is 0 Å². The summed E-state index contributed by atoms with van der Waals surface area (Å²) in [6.07, 6.45) is 0. The molecule has 0 aromatic heterocycles. The van der Waals surface area contributed by atoms with Gasteiger partial charge >= 0.3 is 6.95 Å². The standard InChI is InChI=1S/C12H2ClF8O3P/c13-25(22,23-5-1-3(14)7(16)11(20)9(5)18)24-6-2-4(15)8(17)12(21)10(6)19/h1-2H. The van der Waals surface area contributed by atoms with Crippen molar-refractivity contribution in [2.24, 2.45) is 0 Å². The molecule has 0 aliphatic heterocycles. The van der Waals surface area contributed by atoms with Gasteiger partial charge in [-0.3, -0.25) is 0 Å². The van der Waals surface area contributed by atoms with Gasteiger partial charge < -0.3 is 9.05 Å². The van der Waals surface area contributed by atoms with Gasteiger partial charge in [-0.25, -0.2) is 30.9 Å². The van der Waals surface area contributed by atoms with Gasteiger partial charge in [0.15, 0.2) is 34.8 Å². The molecule has 0 spiro atoms. The summed E-state index contributed by atoms with van der Waals surface area (Å²) in [5, 5.41) is 0. The molecule has 0 unspecified atom stereocenters. The fourth-order valence-corrected chi connectivity index (χ4v) is 2.71. The molecule has 0 amide bonds. The molecule has 0 aliphatic rings. The van der Waals surface area contributed by atoms with Crippen molar-refractivity contribution in [3.05, 3.63) is 58.7 Å². The molecule has 2 rings (SSSR count). The topological polar surface area (TPSA) is 35.5 Å². The van der Waals surface area contributed by atoms with Crippen LogP contribution in [0.25, 0.3) is 0 Å². The molecule has 0 saturated carbocycles. The van der Waals surface area contributed by atoms with Gasteiger partial charge in [0.05, 0.1) is 0 Å². The highest BCUT2D eigenvalue weighted by atomic mass is 35.7. The zero-order valence-electron chi connectivity index (χ0n) is 11.2. The fourth-order valence-electron chi connectivity index (χ4n) is 1.49. The molecule has 0 bridgehead atoms. The van der Waals surface area contributed by atoms with E-state index < -0.39 is 65.0 Å². The van der Waals surface area contributed by atoms with E-state index >= 15 is 0 Å². The van der Waals surface area contributed by atoms with Gasteiger partial charge in [-0.1, -0.05) is 0 Å². The predicted octanol–water partition coefficient (Wildman–Crippen LogP) is 5.60. The Morgan fingerprint density at radius 3 is 1.28 bits per heavy atom. The van der Waals surface area contributed by atoms with E-state index in [-0.39, 0.29) is 12.1 Å². The molecular formula is C12H2ClF8O3P. The monoisotopic (exact) mass is 412 g/mol. The molecular weight excluding hydrogens is 411 g/mol. The molecule has 0 aliphatic carbocycles. The van der Waals surface area contributed by atoms with E-state index in [1.54, 1.807) is 0 Å². The van der Waals surface area contributed by atoms with Crippen LogP contribution in [0.15, 0.2) is 12.1 Å². The minimum Gasteiger partial charge on any atom is -0.401 e. The van der Waals surface area contributed by atoms with E-state index in [0.29, 0.717) is 0 Å². The number of rotatable bonds is 4. The Morgan fingerprint density at radius 1 is 0.640 bits per heavy atom. The van der Waals surface area contributed by atoms with Gasteiger partial charge in [0.2, 0.25) is 23.3 Å². The Labute approximate surface area is 138 Å². The van der Waals surface area contributed by atoms with Crippen molar-refractivity contribution in [3.8, 4) is 11.5 Å². The first-order valence-electron chi connectivity index (χ1n) is 5.79. The predicted molar refractivity (Wildman–Crippen MR) is 67.3 cm³/mol. The van der Waals surface area contributed by atoms with E-state index in [2.05, 4.69) is 9.05 Å². The number of halogens is 9. The molecule has 0 N–H and O–H groups in total. The molecule has 136 valence electrons. The average Bonchev–Trinajstić information content (AvgIpc) is 2.53. The summed E-state index contributed by atoms with van der Waals surface area (Å²) in [5.41, 5.74) is 0. The Morgan fingerprint density at radius 2 is 0.960 bits per heavy atom. The Hall–Kier alpha value is -2.00. The van der Waals surface area contributed by atoms with E-state index in [1.165, 1.54) is 0 Å². The summed E-state index contributed by atoms with van der Waals surface area (Å²) in [7, 11) is 0. The SMILES string of the molecule is O=P(Cl)(Oc1cc(F)c(F)c(F)c1F)Oc1cc(F)c(F)c(F)c1F. The third kappa shape index (κ3) is 3.82. The van der Waals surface area contributed by atoms with E-state index in [0.717, 1.165) is 0 Å². The van der Waals surface area contributed by atoms with E-state index in [9.17, 15) is 39.7 Å². The highest BCUT2D eigenvalue weighted by molar-refractivity contribution is 7.82. The summed E-state index contributed by atoms with van der Waals surface area (Å²) < 4.78 is 124. The zero-order chi connectivity index (χ0) is 19.1. The lowest BCUT2D eigenvalue weighted by Crippen LogP contribution is -2.04. The molecule has 0 radical (unpaired) electrons. The molecule has 2 aromatic carbocycles. The Bertz CT molecular complexity index is 837. The van der Waals surface area contributed by atoms with Crippen LogP contribution in [0.1, 0.15) is 0 Å². The van der Waals surface area contributed by atoms with Crippen LogP contribution in [0, 0.1) is 46.5 Å². The molecule has 0 fully saturated rings. The first-order chi connectivity index (χ1) is 11.4. The summed E-state index contributed by atoms with van der Waals surface area (Å²) in [6, 6.07) is -0.206. The molecule has 0 atom stereocenters. The lowest BCUT2D eigenvalue weighted by atomic mass is 10.3. The van der Waals surface area contributed by atoms with Gasteiger partial charge in [-0.05, 0) is 0 Å². The van der Waals surface area contributed by atoms with Crippen LogP contribution in [0.2, 0.25) is 0 Å². The molecule has 0 heterocycles. The number of hydrogen-bond donors (Lipinski definition) is 0. The number of benzene rings is 2. The highest BCUT2D eigenvalue weighted by Crippen LogP contribution is 2.54. The fraction of sp³-hybridized carbons (Fsp3) is 0. The van der Waals surface area contributed by atoms with Gasteiger partial charge in [0.1, 0.15) is 0 Å². The summed E-state index contributed by atoms with van der Waals surface area (Å²) in [5.74, 6) is -20.5. The quantitative estimate of drug-likeness (QED) is 0.284. The van der Waals surface area contributed by atoms with Crippen molar-refractivity contribution in [1.82, 2.24) is 0 Å². The van der Waals surface area contributed by atoms with Crippen LogP contribution in [-0.4, -0.2) is 0 Å². The van der Waals surface area contributed by atoms with Crippen LogP contribution >= 0.6 is 18.2 Å². The first kappa shape index (κ1) is 19.3. The summed E-state index contributed by atoms with van der Waals surface area (Å²) in [6.45, 7) is -5.22. The second kappa shape index (κ2) is 6.72. The van der Waals surface area contributed by atoms with Crippen molar-refractivity contribution in [3.63, 3.8) is 0 Å². The van der Waals surface area contributed by atoms with Crippen molar-refractivity contribution < 1.29 is 48.7 Å². The van der Waals surface area contributed by atoms with E-state index in [1.807, 2.05) is 0 Å². The van der Waals surface area contributed by atoms with Crippen molar-refractivity contribution >= 4 is 18.2 Å². The second-order valence-electron chi connectivity index (χ2n) is 4.21. The zero-order valence-corrected chi connectivity index (χ0v) is 12.9. The van der Waals surface area contributed by atoms with Crippen LogP contribution in [0.3, 0.4) is 0 Å². The smallest absolute Gasteiger partial charge is 0.401 e. The lowest BCUT2D eigenvalue weighted by molar-refractivity contribution is 0.350. The highest BCUT2D eigenvalue weighted by Gasteiger charge is 2.32. The van der Waals surface area contributed by atoms with E-state index in [4.69, 9.17) is 11.2 Å². The Kier molecular flexibility index (Phi) is 5.19. The van der Waals surface area contributed by atoms with Crippen molar-refractivity contribution in [1.29, 1.82) is 0 Å². The van der Waals surface area contributed by atoms with Gasteiger partial charge in [0.25, 0.3) is 0 Å². The Balaban J connectivity index is 2.38. The third-order valence-corrected chi connectivity index (χ3v) is 3.80. The molecule has 0 saturated heterocycles. The van der Waals surface area contributed by atoms with Gasteiger partial charge in [0, 0.05) is 23.4 Å². The summed E-state index contributed by atoms with van der Waals surface area (Å²) in [4.78, 5) is 0. The molecule has 13 heteroatoms. The van der Waals surface area contributed by atoms with Gasteiger partial charge in [-0.15, -0.1) is 0 Å². The minimum atomic E-state index is -5.22. The molecule has 2 aromatic rings. The molecule has 25 heavy (non-hydrogen) atoms. The van der Waals surface area contributed by atoms with Crippen LogP contribution < -0.4 is 9.05 Å². The van der Waals surface area contributed by atoms with Crippen LogP contribution in [0.4, 0.5) is 35.1 Å². The normalized spacial score (nSPS) is 11.6. The minimum absolute atomic E-state index is 0.103. The molecule has 3 nitrogen and oxygen atoms in total. The lowest BCUT2D eigenvalue weighted by Gasteiger charge is -2.15. The maximum atomic E-state index is 13.4. The average molecular weight is 413 g/mol. The van der Waals surface area contributed by atoms with Crippen LogP contribution in [0.5, 0.6) is 11.5 Å². The van der Waals surface area contributed by atoms with Crippen LogP contribution in [-0.2, 0) is 4.57 Å². The summed E-state index contributed by atoms with van der Waals surface area (Å²) >= 11 is 5.14. The number of hydrogen-bond acceptors (Lipinski definition) is 3. The third-order valence-electron chi connectivity index (χ3n) is 2.55. The first-order valence-corrected chi connectivity index (χ1v) is 8.24. The second-order valence-corrected chi connectivity index (χ2v) is 6.68. The van der Waals surface area contributed by atoms with Crippen molar-refractivity contribution in [2.75, 3.05) is 0 Å². The maximum absolute atomic E-state index is 13.4.